The van der Waals surface area contributed by atoms with Crippen molar-refractivity contribution >= 4 is 33.5 Å². The van der Waals surface area contributed by atoms with Gasteiger partial charge in [-0.2, -0.15) is 0 Å². The number of nitrogens with two attached hydrogens (primary N) is 1. The fourth-order valence-electron chi connectivity index (χ4n) is 1.10. The highest BCUT2D eigenvalue weighted by Crippen LogP contribution is 2.26. The molecule has 1 atom stereocenters. The molecule has 14 heavy (non-hydrogen) atoms. The number of hydrogen-bond acceptors (Lipinski definition) is 2. The summed E-state index contributed by atoms with van der Waals surface area (Å²) >= 11 is 9.02. The maximum atomic E-state index is 10.4. The minimum atomic E-state index is -0.917. The van der Waals surface area contributed by atoms with Gasteiger partial charge in [-0.1, -0.05) is 33.6 Å². The Balaban J connectivity index is 2.90. The summed E-state index contributed by atoms with van der Waals surface area (Å²) in [6.45, 7) is 0. The average molecular weight is 279 g/mol. The van der Waals surface area contributed by atoms with Gasteiger partial charge in [0.1, 0.15) is 0 Å². The summed E-state index contributed by atoms with van der Waals surface area (Å²) in [5.41, 5.74) is 6.44. The van der Waals surface area contributed by atoms with Crippen LogP contribution in [-0.4, -0.2) is 11.1 Å². The molecule has 76 valence electrons. The average Bonchev–Trinajstić information content (AvgIpc) is 2.01. The van der Waals surface area contributed by atoms with Crippen LogP contribution >= 0.6 is 27.5 Å². The zero-order valence-corrected chi connectivity index (χ0v) is 9.55. The molecule has 0 bridgehead atoms. The summed E-state index contributed by atoms with van der Waals surface area (Å²) in [6, 6.07) is 4.58. The zero-order chi connectivity index (χ0) is 10.7. The number of carboxylic acid groups (broad SMARTS) is 1. The fourth-order valence-corrected chi connectivity index (χ4v) is 2.08. The van der Waals surface area contributed by atoms with Crippen molar-refractivity contribution in [2.24, 2.45) is 5.73 Å². The van der Waals surface area contributed by atoms with Gasteiger partial charge in [-0.05, 0) is 17.7 Å². The quantitative estimate of drug-likeness (QED) is 0.893. The van der Waals surface area contributed by atoms with E-state index in [2.05, 4.69) is 15.9 Å². The number of hydrogen-bond donors (Lipinski definition) is 2. The summed E-state index contributed by atoms with van der Waals surface area (Å²) < 4.78 is 0.735. The molecular formula is C9H9BrClNO2. The van der Waals surface area contributed by atoms with Crippen LogP contribution in [0.15, 0.2) is 22.7 Å². The first kappa shape index (κ1) is 11.5. The van der Waals surface area contributed by atoms with Crippen LogP contribution in [-0.2, 0) is 4.79 Å². The van der Waals surface area contributed by atoms with Gasteiger partial charge in [0.2, 0.25) is 0 Å². The minimum absolute atomic E-state index is 0.0970. The first-order valence-corrected chi connectivity index (χ1v) is 5.10. The molecule has 1 aromatic carbocycles. The van der Waals surface area contributed by atoms with Gasteiger partial charge in [0.15, 0.2) is 0 Å². The Morgan fingerprint density at radius 3 is 2.79 bits per heavy atom. The second kappa shape index (κ2) is 4.77. The smallest absolute Gasteiger partial charge is 0.305 e. The number of carbonyl (C=O) groups is 1. The lowest BCUT2D eigenvalue weighted by molar-refractivity contribution is -0.137. The zero-order valence-electron chi connectivity index (χ0n) is 7.21. The van der Waals surface area contributed by atoms with Gasteiger partial charge in [0, 0.05) is 15.5 Å². The summed E-state index contributed by atoms with van der Waals surface area (Å²) in [6.07, 6.45) is -0.0970. The molecule has 0 saturated heterocycles. The van der Waals surface area contributed by atoms with Crippen molar-refractivity contribution in [3.63, 3.8) is 0 Å². The molecule has 0 saturated carbocycles. The maximum Gasteiger partial charge on any atom is 0.305 e. The molecule has 3 N–H and O–H groups in total. The van der Waals surface area contributed by atoms with E-state index in [9.17, 15) is 4.79 Å². The van der Waals surface area contributed by atoms with Gasteiger partial charge in [0.25, 0.3) is 0 Å². The van der Waals surface area contributed by atoms with Crippen molar-refractivity contribution in [3.05, 3.63) is 33.3 Å². The van der Waals surface area contributed by atoms with E-state index in [1.807, 2.05) is 0 Å². The Labute approximate surface area is 95.0 Å². The molecule has 0 spiro atoms. The molecular weight excluding hydrogens is 269 g/mol. The molecule has 0 aliphatic carbocycles. The third-order valence-electron chi connectivity index (χ3n) is 1.76. The highest BCUT2D eigenvalue weighted by atomic mass is 79.9. The molecule has 0 radical (unpaired) electrons. The number of carboxylic acids is 1. The van der Waals surface area contributed by atoms with Crippen LogP contribution < -0.4 is 5.73 Å². The molecule has 0 aliphatic rings. The van der Waals surface area contributed by atoms with Crippen molar-refractivity contribution < 1.29 is 9.90 Å². The first-order chi connectivity index (χ1) is 6.50. The molecule has 1 aromatic rings. The van der Waals surface area contributed by atoms with Gasteiger partial charge >= 0.3 is 5.97 Å². The van der Waals surface area contributed by atoms with Crippen LogP contribution in [0.2, 0.25) is 5.02 Å². The standard InChI is InChI=1S/C9H9BrClNO2/c10-7-3-5(11)1-2-6(7)8(12)4-9(13)14/h1-3,8H,4,12H2,(H,13,14). The van der Waals surface area contributed by atoms with Crippen LogP contribution in [0.4, 0.5) is 0 Å². The van der Waals surface area contributed by atoms with Crippen molar-refractivity contribution in [1.82, 2.24) is 0 Å². The van der Waals surface area contributed by atoms with Crippen molar-refractivity contribution in [2.45, 2.75) is 12.5 Å². The van der Waals surface area contributed by atoms with Gasteiger partial charge in [0.05, 0.1) is 6.42 Å². The van der Waals surface area contributed by atoms with Crippen molar-refractivity contribution in [2.75, 3.05) is 0 Å². The molecule has 0 amide bonds. The van der Waals surface area contributed by atoms with Crippen LogP contribution in [0.1, 0.15) is 18.0 Å². The van der Waals surface area contributed by atoms with Gasteiger partial charge in [-0.25, -0.2) is 0 Å². The van der Waals surface area contributed by atoms with E-state index in [1.54, 1.807) is 18.2 Å². The third kappa shape index (κ3) is 2.97. The fraction of sp³-hybridized carbons (Fsp3) is 0.222. The monoisotopic (exact) mass is 277 g/mol. The Morgan fingerprint density at radius 1 is 1.64 bits per heavy atom. The number of aliphatic carboxylic acids is 1. The molecule has 0 aliphatic heterocycles. The summed E-state index contributed by atoms with van der Waals surface area (Å²) in [4.78, 5) is 10.4. The minimum Gasteiger partial charge on any atom is -0.481 e. The lowest BCUT2D eigenvalue weighted by Gasteiger charge is -2.11. The molecule has 0 fully saturated rings. The number of halogens is 2. The van der Waals surface area contributed by atoms with Crippen LogP contribution in [0.25, 0.3) is 0 Å². The molecule has 1 rings (SSSR count). The predicted molar refractivity (Wildman–Crippen MR) is 58.3 cm³/mol. The lowest BCUT2D eigenvalue weighted by atomic mass is 10.1. The number of rotatable bonds is 3. The highest BCUT2D eigenvalue weighted by molar-refractivity contribution is 9.10. The SMILES string of the molecule is NC(CC(=O)O)c1ccc(Cl)cc1Br. The van der Waals surface area contributed by atoms with Gasteiger partial charge in [-0.15, -0.1) is 0 Å². The Kier molecular flexibility index (Phi) is 3.92. The molecule has 1 unspecified atom stereocenters. The predicted octanol–water partition coefficient (Wildman–Crippen LogP) is 2.58. The van der Waals surface area contributed by atoms with Crippen LogP contribution in [0, 0.1) is 0 Å². The molecule has 3 nitrogen and oxygen atoms in total. The highest BCUT2D eigenvalue weighted by Gasteiger charge is 2.13. The lowest BCUT2D eigenvalue weighted by Crippen LogP contribution is -2.15. The largest absolute Gasteiger partial charge is 0.481 e. The van der Waals surface area contributed by atoms with Gasteiger partial charge < -0.3 is 10.8 Å². The Bertz CT molecular complexity index is 357. The van der Waals surface area contributed by atoms with E-state index in [0.717, 1.165) is 10.0 Å². The molecule has 0 aromatic heterocycles. The van der Waals surface area contributed by atoms with E-state index in [1.165, 1.54) is 0 Å². The van der Waals surface area contributed by atoms with Gasteiger partial charge in [-0.3, -0.25) is 4.79 Å². The Hall–Kier alpha value is -0.580. The van der Waals surface area contributed by atoms with Crippen LogP contribution in [0.3, 0.4) is 0 Å². The van der Waals surface area contributed by atoms with E-state index in [0.29, 0.717) is 5.02 Å². The van der Waals surface area contributed by atoms with E-state index in [-0.39, 0.29) is 6.42 Å². The first-order valence-electron chi connectivity index (χ1n) is 3.93. The second-order valence-corrected chi connectivity index (χ2v) is 4.16. The summed E-state index contributed by atoms with van der Waals surface area (Å²) in [7, 11) is 0. The second-order valence-electron chi connectivity index (χ2n) is 2.87. The molecule has 0 heterocycles. The topological polar surface area (TPSA) is 63.3 Å². The van der Waals surface area contributed by atoms with E-state index >= 15 is 0 Å². The Morgan fingerprint density at radius 2 is 2.29 bits per heavy atom. The summed E-state index contributed by atoms with van der Waals surface area (Å²) in [5, 5.41) is 9.16. The van der Waals surface area contributed by atoms with E-state index in [4.69, 9.17) is 22.4 Å². The van der Waals surface area contributed by atoms with Crippen molar-refractivity contribution in [1.29, 1.82) is 0 Å². The normalized spacial score (nSPS) is 12.5. The maximum absolute atomic E-state index is 10.4. The third-order valence-corrected chi connectivity index (χ3v) is 2.68. The number of benzene rings is 1. The summed E-state index contributed by atoms with van der Waals surface area (Å²) in [5.74, 6) is -0.917. The van der Waals surface area contributed by atoms with E-state index < -0.39 is 12.0 Å². The van der Waals surface area contributed by atoms with Crippen molar-refractivity contribution in [3.8, 4) is 0 Å². The molecule has 5 heteroatoms. The van der Waals surface area contributed by atoms with Crippen LogP contribution in [0.5, 0.6) is 0 Å².